The van der Waals surface area contributed by atoms with Gasteiger partial charge in [0.1, 0.15) is 17.4 Å². The van der Waals surface area contributed by atoms with Crippen LogP contribution in [0.4, 0.5) is 28.0 Å². The van der Waals surface area contributed by atoms with Crippen LogP contribution >= 0.6 is 0 Å². The summed E-state index contributed by atoms with van der Waals surface area (Å²) in [5.41, 5.74) is -3.24. The van der Waals surface area contributed by atoms with Crippen LogP contribution in [-0.2, 0) is 22.8 Å². The van der Waals surface area contributed by atoms with Crippen molar-refractivity contribution in [3.63, 3.8) is 0 Å². The van der Waals surface area contributed by atoms with E-state index in [9.17, 15) is 41.5 Å². The number of piperidine rings is 1. The number of likely N-dealkylation sites (tertiary alicyclic amines) is 1. The van der Waals surface area contributed by atoms with Crippen LogP contribution < -0.4 is 15.8 Å². The third kappa shape index (κ3) is 5.38. The number of alkyl halides is 3. The van der Waals surface area contributed by atoms with E-state index in [1.807, 2.05) is 0 Å². The van der Waals surface area contributed by atoms with E-state index in [2.05, 4.69) is 5.32 Å². The maximum Gasteiger partial charge on any atom is 0.416 e. The number of carbonyl (C=O) groups is 4. The number of nitrogens with zero attached hydrogens (tertiary/aromatic N) is 4. The van der Waals surface area contributed by atoms with E-state index in [4.69, 9.17) is 0 Å². The number of urea groups is 1. The fourth-order valence-electron chi connectivity index (χ4n) is 6.39. The molecule has 5 amide bonds. The van der Waals surface area contributed by atoms with E-state index in [0.717, 1.165) is 17.7 Å². The van der Waals surface area contributed by atoms with Crippen LogP contribution in [0.25, 0.3) is 0 Å². The monoisotopic (exact) mass is 605 g/mol. The minimum absolute atomic E-state index is 0.0466. The molecule has 43 heavy (non-hydrogen) atoms. The van der Waals surface area contributed by atoms with E-state index >= 15 is 0 Å². The standard InChI is InChI=1S/C29H31F4N5O5/c1-35-16-19(8-10-22(35)39)38-27(43)36(2)26(42)28(38)11-13-37(14-12-28)25(41)23(17-5-3-4-6-17)34-24(40)20-15-18(29(31,32)33)7-9-21(20)30/h7-10,15-17,23H,3-6,11-14H2,1-2H3,(H,34,40)/t23-/m1/s1. The molecule has 0 unspecified atom stereocenters. The molecule has 5 rings (SSSR count). The number of nitrogens with one attached hydrogen (secondary N) is 1. The van der Waals surface area contributed by atoms with Gasteiger partial charge in [-0.1, -0.05) is 12.8 Å². The van der Waals surface area contributed by atoms with E-state index < -0.39 is 58.5 Å². The van der Waals surface area contributed by atoms with Crippen LogP contribution in [0.3, 0.4) is 0 Å². The van der Waals surface area contributed by atoms with Gasteiger partial charge in [0.05, 0.1) is 16.8 Å². The molecule has 14 heteroatoms. The fraction of sp³-hybridized carbons (Fsp3) is 0.483. The third-order valence-electron chi connectivity index (χ3n) is 8.80. The normalized spacial score (nSPS) is 19.8. The number of amides is 5. The summed E-state index contributed by atoms with van der Waals surface area (Å²) in [6, 6.07) is 2.62. The summed E-state index contributed by atoms with van der Waals surface area (Å²) in [5.74, 6) is -3.50. The number of halogens is 4. The number of aromatic nitrogens is 1. The lowest BCUT2D eigenvalue weighted by atomic mass is 9.84. The maximum atomic E-state index is 14.5. The lowest BCUT2D eigenvalue weighted by molar-refractivity contribution is -0.139. The van der Waals surface area contributed by atoms with Crippen LogP contribution in [0.5, 0.6) is 0 Å². The van der Waals surface area contributed by atoms with Gasteiger partial charge >= 0.3 is 12.2 Å². The van der Waals surface area contributed by atoms with Gasteiger partial charge in [0.25, 0.3) is 11.8 Å². The Bertz CT molecular complexity index is 1530. The predicted octanol–water partition coefficient (Wildman–Crippen LogP) is 3.29. The van der Waals surface area contributed by atoms with Crippen molar-refractivity contribution in [2.75, 3.05) is 25.0 Å². The number of imide groups is 1. The second-order valence-electron chi connectivity index (χ2n) is 11.4. The van der Waals surface area contributed by atoms with Crippen molar-refractivity contribution in [1.29, 1.82) is 0 Å². The number of rotatable bonds is 5. The van der Waals surface area contributed by atoms with Gasteiger partial charge in [-0.25, -0.2) is 9.18 Å². The van der Waals surface area contributed by atoms with Crippen LogP contribution in [-0.4, -0.2) is 69.8 Å². The zero-order valence-electron chi connectivity index (χ0n) is 23.6. The molecule has 1 spiro atoms. The highest BCUT2D eigenvalue weighted by Crippen LogP contribution is 2.40. The van der Waals surface area contributed by atoms with Crippen LogP contribution in [0.1, 0.15) is 54.4 Å². The molecular weight excluding hydrogens is 574 g/mol. The Labute approximate surface area is 244 Å². The zero-order chi connectivity index (χ0) is 31.3. The lowest BCUT2D eigenvalue weighted by Gasteiger charge is -2.43. The average molecular weight is 606 g/mol. The SMILES string of the molecule is CN1C(=O)N(c2ccc(=O)n(C)c2)C2(CCN(C(=O)[C@H](NC(=O)c3cc(C(F)(F)F)ccc3F)C3CCCC3)CC2)C1=O. The van der Waals surface area contributed by atoms with Crippen LogP contribution in [0, 0.1) is 11.7 Å². The summed E-state index contributed by atoms with van der Waals surface area (Å²) in [5, 5.41) is 2.51. The molecule has 1 aromatic heterocycles. The predicted molar refractivity (Wildman–Crippen MR) is 145 cm³/mol. The van der Waals surface area contributed by atoms with Crippen molar-refractivity contribution in [2.24, 2.45) is 13.0 Å². The highest BCUT2D eigenvalue weighted by atomic mass is 19.4. The van der Waals surface area contributed by atoms with Crippen molar-refractivity contribution in [3.8, 4) is 0 Å². The molecule has 1 aliphatic carbocycles. The maximum absolute atomic E-state index is 14.5. The van der Waals surface area contributed by atoms with E-state index in [-0.39, 0.29) is 37.4 Å². The molecule has 1 aromatic carbocycles. The summed E-state index contributed by atoms with van der Waals surface area (Å²) >= 11 is 0. The Morgan fingerprint density at radius 2 is 1.65 bits per heavy atom. The van der Waals surface area contributed by atoms with Crippen molar-refractivity contribution < 1.29 is 36.7 Å². The first kappa shape index (κ1) is 30.2. The number of aryl methyl sites for hydroxylation is 1. The number of likely N-dealkylation sites (N-methyl/N-ethyl adjacent to an activating group) is 1. The number of carbonyl (C=O) groups excluding carboxylic acids is 4. The number of hydrogen-bond acceptors (Lipinski definition) is 5. The summed E-state index contributed by atoms with van der Waals surface area (Å²) in [6.45, 7) is 0.0932. The van der Waals surface area contributed by atoms with Gasteiger partial charge in [0.15, 0.2) is 0 Å². The van der Waals surface area contributed by atoms with Gasteiger partial charge in [0.2, 0.25) is 11.5 Å². The van der Waals surface area contributed by atoms with Crippen molar-refractivity contribution in [2.45, 2.75) is 56.3 Å². The average Bonchev–Trinajstić information content (AvgIpc) is 3.56. The minimum atomic E-state index is -4.79. The first-order valence-corrected chi connectivity index (χ1v) is 14.0. The first-order chi connectivity index (χ1) is 20.2. The summed E-state index contributed by atoms with van der Waals surface area (Å²) < 4.78 is 55.5. The second kappa shape index (κ2) is 11.1. The molecule has 1 saturated carbocycles. The molecule has 1 N–H and O–H groups in total. The Hall–Kier alpha value is -4.23. The minimum Gasteiger partial charge on any atom is -0.341 e. The smallest absolute Gasteiger partial charge is 0.341 e. The quantitative estimate of drug-likeness (QED) is 0.416. The van der Waals surface area contributed by atoms with Crippen LogP contribution in [0.15, 0.2) is 41.3 Å². The summed E-state index contributed by atoms with van der Waals surface area (Å²) in [6.07, 6.45) is -0.400. The molecule has 230 valence electrons. The van der Waals surface area contributed by atoms with Gasteiger partial charge in [-0.2, -0.15) is 13.2 Å². The molecule has 2 aliphatic heterocycles. The number of hydrogen-bond donors (Lipinski definition) is 1. The Kier molecular flexibility index (Phi) is 7.82. The number of benzene rings is 1. The molecule has 0 radical (unpaired) electrons. The molecule has 3 fully saturated rings. The molecule has 2 aromatic rings. The molecule has 10 nitrogen and oxygen atoms in total. The highest BCUT2D eigenvalue weighted by molar-refractivity contribution is 6.16. The molecule has 3 aliphatic rings. The molecule has 0 bridgehead atoms. The van der Waals surface area contributed by atoms with Gasteiger partial charge in [0, 0.05) is 39.4 Å². The van der Waals surface area contributed by atoms with E-state index in [1.54, 1.807) is 0 Å². The van der Waals surface area contributed by atoms with E-state index in [1.165, 1.54) is 46.8 Å². The van der Waals surface area contributed by atoms with Crippen LogP contribution in [0.2, 0.25) is 0 Å². The Balaban J connectivity index is 1.38. The summed E-state index contributed by atoms with van der Waals surface area (Å²) in [7, 11) is 2.89. The third-order valence-corrected chi connectivity index (χ3v) is 8.80. The molecular formula is C29H31F4N5O5. The van der Waals surface area contributed by atoms with Crippen molar-refractivity contribution >= 4 is 29.4 Å². The Morgan fingerprint density at radius 1 is 1.00 bits per heavy atom. The lowest BCUT2D eigenvalue weighted by Crippen LogP contribution is -2.60. The summed E-state index contributed by atoms with van der Waals surface area (Å²) in [4.78, 5) is 69.2. The van der Waals surface area contributed by atoms with E-state index in [0.29, 0.717) is 36.7 Å². The number of pyridine rings is 1. The second-order valence-corrected chi connectivity index (χ2v) is 11.4. The molecule has 1 atom stereocenters. The topological polar surface area (TPSA) is 112 Å². The first-order valence-electron chi connectivity index (χ1n) is 14.0. The largest absolute Gasteiger partial charge is 0.416 e. The zero-order valence-corrected chi connectivity index (χ0v) is 23.6. The Morgan fingerprint density at radius 3 is 2.26 bits per heavy atom. The van der Waals surface area contributed by atoms with Crippen molar-refractivity contribution in [3.05, 3.63) is 63.8 Å². The van der Waals surface area contributed by atoms with Gasteiger partial charge in [-0.15, -0.1) is 0 Å². The van der Waals surface area contributed by atoms with Crippen molar-refractivity contribution in [1.82, 2.24) is 19.7 Å². The highest BCUT2D eigenvalue weighted by Gasteiger charge is 2.58. The number of anilines is 1. The van der Waals surface area contributed by atoms with Gasteiger partial charge < -0.3 is 14.8 Å². The molecule has 3 heterocycles. The fourth-order valence-corrected chi connectivity index (χ4v) is 6.39. The van der Waals surface area contributed by atoms with Gasteiger partial charge in [-0.3, -0.25) is 29.0 Å². The molecule has 2 saturated heterocycles. The van der Waals surface area contributed by atoms with Gasteiger partial charge in [-0.05, 0) is 55.9 Å².